The Bertz CT molecular complexity index is 1030. The molecular formula is C21H28ClN4O5P. The van der Waals surface area contributed by atoms with Crippen molar-refractivity contribution in [2.45, 2.75) is 46.3 Å². The van der Waals surface area contributed by atoms with Crippen LogP contribution in [0, 0.1) is 0 Å². The fraction of sp³-hybridized carbons (Fsp3) is 0.476. The van der Waals surface area contributed by atoms with Crippen LogP contribution in [0.4, 0.5) is 0 Å². The molecule has 1 aromatic carbocycles. The van der Waals surface area contributed by atoms with E-state index < -0.39 is 19.8 Å². The van der Waals surface area contributed by atoms with Crippen molar-refractivity contribution in [3.63, 3.8) is 0 Å². The topological polar surface area (TPSA) is 97.6 Å². The van der Waals surface area contributed by atoms with E-state index >= 15 is 0 Å². The summed E-state index contributed by atoms with van der Waals surface area (Å²) in [7, 11) is -3.37. The Hall–Kier alpha value is -1.87. The Morgan fingerprint density at radius 3 is 2.47 bits per heavy atom. The number of ether oxygens (including phenoxy) is 2. The minimum absolute atomic E-state index is 0.0432. The van der Waals surface area contributed by atoms with Gasteiger partial charge in [-0.3, -0.25) is 4.57 Å². The standard InChI is InChI=1S/C21H28ClN4O5P/c1-4-30-32(27,31-5-2)12-18(16(3)28-11-17-9-7-6-8-10-17)29-15-26-14-25-21-19(26)20(22)23-13-24-21/h6-10,13-14,16,18H,4-5,11-12,15H2,1-3H3/t16-,18+/m0/s1. The molecule has 0 bridgehead atoms. The maximum atomic E-state index is 13.2. The summed E-state index contributed by atoms with van der Waals surface area (Å²) in [6.45, 7) is 6.43. The summed E-state index contributed by atoms with van der Waals surface area (Å²) >= 11 is 6.21. The molecule has 3 rings (SSSR count). The van der Waals surface area contributed by atoms with E-state index in [1.165, 1.54) is 6.33 Å². The summed E-state index contributed by atoms with van der Waals surface area (Å²) < 4.78 is 38.0. The lowest BCUT2D eigenvalue weighted by Crippen LogP contribution is -2.33. The van der Waals surface area contributed by atoms with Crippen LogP contribution in [0.2, 0.25) is 5.15 Å². The van der Waals surface area contributed by atoms with Crippen molar-refractivity contribution in [1.29, 1.82) is 0 Å². The van der Waals surface area contributed by atoms with Gasteiger partial charge in [-0.2, -0.15) is 0 Å². The Balaban J connectivity index is 1.76. The maximum absolute atomic E-state index is 13.2. The number of imidazole rings is 1. The van der Waals surface area contributed by atoms with Gasteiger partial charge in [-0.25, -0.2) is 15.0 Å². The molecule has 0 N–H and O–H groups in total. The SMILES string of the molecule is CCOP(=O)(C[C@@H](OCn1cnc2ncnc(Cl)c21)[C@H](C)OCc1ccccc1)OCC. The van der Waals surface area contributed by atoms with Crippen LogP contribution >= 0.6 is 19.2 Å². The second kappa shape index (κ2) is 11.8. The zero-order chi connectivity index (χ0) is 23.0. The molecule has 2 atom stereocenters. The number of nitrogens with zero attached hydrogens (tertiary/aromatic N) is 4. The quantitative estimate of drug-likeness (QED) is 0.255. The van der Waals surface area contributed by atoms with Crippen LogP contribution in [0.5, 0.6) is 0 Å². The van der Waals surface area contributed by atoms with Crippen molar-refractivity contribution >= 4 is 30.4 Å². The molecule has 32 heavy (non-hydrogen) atoms. The molecule has 0 aliphatic heterocycles. The highest BCUT2D eigenvalue weighted by Gasteiger charge is 2.33. The summed E-state index contributed by atoms with van der Waals surface area (Å²) in [5, 5.41) is 0.273. The lowest BCUT2D eigenvalue weighted by atomic mass is 10.2. The van der Waals surface area contributed by atoms with Gasteiger partial charge in [0.25, 0.3) is 0 Å². The van der Waals surface area contributed by atoms with Crippen molar-refractivity contribution in [2.75, 3.05) is 19.4 Å². The van der Waals surface area contributed by atoms with Gasteiger partial charge < -0.3 is 23.1 Å². The average Bonchev–Trinajstić information content (AvgIpc) is 3.20. The van der Waals surface area contributed by atoms with Crippen molar-refractivity contribution in [3.8, 4) is 0 Å². The highest BCUT2D eigenvalue weighted by Crippen LogP contribution is 2.49. The third-order valence-corrected chi connectivity index (χ3v) is 7.11. The number of halogens is 1. The van der Waals surface area contributed by atoms with Gasteiger partial charge in [-0.15, -0.1) is 0 Å². The van der Waals surface area contributed by atoms with Gasteiger partial charge in [0, 0.05) is 0 Å². The normalized spacial score (nSPS) is 14.0. The first-order valence-corrected chi connectivity index (χ1v) is 12.5. The van der Waals surface area contributed by atoms with E-state index in [9.17, 15) is 4.57 Å². The van der Waals surface area contributed by atoms with E-state index in [-0.39, 0.29) is 31.3 Å². The Kier molecular flexibility index (Phi) is 9.16. The summed E-state index contributed by atoms with van der Waals surface area (Å²) in [6.07, 6.45) is 1.99. The number of hydrogen-bond acceptors (Lipinski definition) is 8. The van der Waals surface area contributed by atoms with Crippen LogP contribution in [-0.2, 0) is 36.4 Å². The lowest BCUT2D eigenvalue weighted by molar-refractivity contribution is -0.0823. The number of hydrogen-bond donors (Lipinski definition) is 0. The largest absolute Gasteiger partial charge is 0.371 e. The van der Waals surface area contributed by atoms with E-state index in [0.717, 1.165) is 5.56 Å². The van der Waals surface area contributed by atoms with E-state index in [2.05, 4.69) is 15.0 Å². The second-order valence-corrected chi connectivity index (χ2v) is 9.48. The first-order chi connectivity index (χ1) is 15.5. The minimum Gasteiger partial charge on any atom is -0.371 e. The van der Waals surface area contributed by atoms with E-state index in [1.807, 2.05) is 37.3 Å². The molecule has 0 unspecified atom stereocenters. The Morgan fingerprint density at radius 2 is 1.78 bits per heavy atom. The zero-order valence-corrected chi connectivity index (χ0v) is 20.0. The molecule has 0 aliphatic rings. The third-order valence-electron chi connectivity index (χ3n) is 4.73. The van der Waals surface area contributed by atoms with Gasteiger partial charge in [0.1, 0.15) is 18.6 Å². The first kappa shape index (κ1) is 24.8. The van der Waals surface area contributed by atoms with Crippen LogP contribution in [0.1, 0.15) is 26.3 Å². The number of benzene rings is 1. The smallest absolute Gasteiger partial charge is 0.333 e. The predicted octanol–water partition coefficient (Wildman–Crippen LogP) is 4.69. The van der Waals surface area contributed by atoms with Crippen LogP contribution in [0.3, 0.4) is 0 Å². The van der Waals surface area contributed by atoms with Crippen LogP contribution in [-0.4, -0.2) is 51.1 Å². The summed E-state index contributed by atoms with van der Waals surface area (Å²) in [5.74, 6) is 0. The van der Waals surface area contributed by atoms with Gasteiger partial charge in [-0.05, 0) is 26.3 Å². The molecule has 0 aliphatic carbocycles. The summed E-state index contributed by atoms with van der Waals surface area (Å²) in [6, 6.07) is 9.81. The maximum Gasteiger partial charge on any atom is 0.333 e. The zero-order valence-electron chi connectivity index (χ0n) is 18.4. The molecule has 0 fully saturated rings. The lowest BCUT2D eigenvalue weighted by Gasteiger charge is -2.28. The van der Waals surface area contributed by atoms with Crippen LogP contribution in [0.15, 0.2) is 43.0 Å². The third kappa shape index (κ3) is 6.57. The van der Waals surface area contributed by atoms with Gasteiger partial charge in [0.2, 0.25) is 0 Å². The van der Waals surface area contributed by atoms with Gasteiger partial charge in [-0.1, -0.05) is 41.9 Å². The van der Waals surface area contributed by atoms with Crippen molar-refractivity contribution in [1.82, 2.24) is 19.5 Å². The molecule has 0 radical (unpaired) electrons. The van der Waals surface area contributed by atoms with Gasteiger partial charge in [0.15, 0.2) is 10.8 Å². The van der Waals surface area contributed by atoms with Crippen molar-refractivity contribution < 1.29 is 23.1 Å². The average molecular weight is 483 g/mol. The van der Waals surface area contributed by atoms with Crippen LogP contribution in [0.25, 0.3) is 11.2 Å². The molecule has 9 nitrogen and oxygen atoms in total. The number of rotatable bonds is 13. The van der Waals surface area contributed by atoms with E-state index in [0.29, 0.717) is 17.8 Å². The first-order valence-electron chi connectivity index (χ1n) is 10.4. The molecule has 0 saturated carbocycles. The van der Waals surface area contributed by atoms with Crippen LogP contribution < -0.4 is 0 Å². The molecule has 2 aromatic heterocycles. The summed E-state index contributed by atoms with van der Waals surface area (Å²) in [5.41, 5.74) is 2.05. The summed E-state index contributed by atoms with van der Waals surface area (Å²) in [4.78, 5) is 12.3. The molecule has 2 heterocycles. The van der Waals surface area contributed by atoms with Crippen molar-refractivity contribution in [3.05, 3.63) is 53.7 Å². The highest BCUT2D eigenvalue weighted by atomic mass is 35.5. The second-order valence-electron chi connectivity index (χ2n) is 7.02. The fourth-order valence-electron chi connectivity index (χ4n) is 3.15. The minimum atomic E-state index is -3.37. The molecule has 0 spiro atoms. The van der Waals surface area contributed by atoms with Gasteiger partial charge >= 0.3 is 7.60 Å². The molecular weight excluding hydrogens is 455 g/mol. The molecule has 3 aromatic rings. The molecule has 11 heteroatoms. The number of aromatic nitrogens is 4. The van der Waals surface area contributed by atoms with Crippen molar-refractivity contribution in [2.24, 2.45) is 0 Å². The Morgan fingerprint density at radius 1 is 1.06 bits per heavy atom. The van der Waals surface area contributed by atoms with Gasteiger partial charge in [0.05, 0.1) is 44.5 Å². The molecule has 0 saturated heterocycles. The monoisotopic (exact) mass is 482 g/mol. The molecule has 0 amide bonds. The number of fused-ring (bicyclic) bond motifs is 1. The predicted molar refractivity (Wildman–Crippen MR) is 122 cm³/mol. The highest BCUT2D eigenvalue weighted by molar-refractivity contribution is 7.53. The Labute approximate surface area is 192 Å². The van der Waals surface area contributed by atoms with E-state index in [4.69, 9.17) is 30.1 Å². The molecule has 174 valence electrons. The van der Waals surface area contributed by atoms with E-state index in [1.54, 1.807) is 24.7 Å². The fourth-order valence-corrected chi connectivity index (χ4v) is 5.30.